The number of hydrogen-bond acceptors (Lipinski definition) is 2. The summed E-state index contributed by atoms with van der Waals surface area (Å²) in [4.78, 5) is 4.68. The molecule has 0 amide bonds. The Hall–Kier alpha value is -1.57. The number of oxazole rings is 1. The second-order valence-corrected chi connectivity index (χ2v) is 6.63. The molecule has 1 heterocycles. The van der Waals surface area contributed by atoms with Crippen LogP contribution in [0.15, 0.2) is 34.8 Å². The molecule has 0 N–H and O–H groups in total. The summed E-state index contributed by atoms with van der Waals surface area (Å²) in [5.74, 6) is 2.38. The minimum absolute atomic E-state index is 0.759. The molecule has 112 valence electrons. The largest absolute Gasteiger partial charge is 0.436 e. The standard InChI is InChI=1S/C19H25NO/c1-14-6-5-7-15(2)11-13-16(12-10-14)19-20-17-8-3-4-9-18(17)21-19/h3-4,8-9,12,14-15H,5-7,10-11,13H2,1-2H3/b16-12+. The van der Waals surface area contributed by atoms with Crippen LogP contribution >= 0.6 is 0 Å². The lowest BCUT2D eigenvalue weighted by Gasteiger charge is -2.17. The molecule has 0 saturated heterocycles. The molecule has 2 aromatic rings. The highest BCUT2D eigenvalue weighted by Gasteiger charge is 2.15. The molecule has 3 rings (SSSR count). The fourth-order valence-corrected chi connectivity index (χ4v) is 3.13. The van der Waals surface area contributed by atoms with Gasteiger partial charge in [0.2, 0.25) is 5.89 Å². The van der Waals surface area contributed by atoms with Crippen LogP contribution in [0, 0.1) is 11.8 Å². The van der Waals surface area contributed by atoms with Crippen molar-refractivity contribution in [2.45, 2.75) is 52.4 Å². The number of benzene rings is 1. The minimum atomic E-state index is 0.759. The molecule has 1 aliphatic carbocycles. The number of fused-ring (bicyclic) bond motifs is 1. The van der Waals surface area contributed by atoms with E-state index in [2.05, 4.69) is 24.9 Å². The van der Waals surface area contributed by atoms with Gasteiger partial charge in [-0.15, -0.1) is 0 Å². The molecular weight excluding hydrogens is 258 g/mol. The SMILES string of the molecule is CC1C/C=C(/c2nc3ccccc3o2)CCC(C)CCC1. The van der Waals surface area contributed by atoms with Crippen LogP contribution in [0.25, 0.3) is 16.7 Å². The zero-order valence-electron chi connectivity index (χ0n) is 13.1. The lowest BCUT2D eigenvalue weighted by molar-refractivity contribution is 0.422. The van der Waals surface area contributed by atoms with E-state index in [4.69, 9.17) is 4.42 Å². The third kappa shape index (κ3) is 3.55. The smallest absolute Gasteiger partial charge is 0.222 e. The molecule has 21 heavy (non-hydrogen) atoms. The highest BCUT2D eigenvalue weighted by Crippen LogP contribution is 2.30. The lowest BCUT2D eigenvalue weighted by atomic mass is 9.89. The molecule has 0 radical (unpaired) electrons. The summed E-state index contributed by atoms with van der Waals surface area (Å²) in [6.45, 7) is 4.72. The van der Waals surface area contributed by atoms with E-state index < -0.39 is 0 Å². The van der Waals surface area contributed by atoms with Crippen LogP contribution in [-0.2, 0) is 0 Å². The molecule has 0 spiro atoms. The molecule has 1 aromatic heterocycles. The van der Waals surface area contributed by atoms with Crippen LogP contribution in [0.1, 0.15) is 58.3 Å². The summed E-state index contributed by atoms with van der Waals surface area (Å²) in [7, 11) is 0. The van der Waals surface area contributed by atoms with Gasteiger partial charge in [-0.1, -0.05) is 51.3 Å². The topological polar surface area (TPSA) is 26.0 Å². The van der Waals surface area contributed by atoms with E-state index in [-0.39, 0.29) is 0 Å². The maximum atomic E-state index is 5.97. The predicted molar refractivity (Wildman–Crippen MR) is 88.0 cm³/mol. The average molecular weight is 283 g/mol. The summed E-state index contributed by atoms with van der Waals surface area (Å²) in [6, 6.07) is 8.04. The Labute approximate surface area is 127 Å². The van der Waals surface area contributed by atoms with Crippen molar-refractivity contribution in [3.05, 3.63) is 36.2 Å². The van der Waals surface area contributed by atoms with Crippen LogP contribution in [0.3, 0.4) is 0 Å². The van der Waals surface area contributed by atoms with E-state index in [0.29, 0.717) is 0 Å². The van der Waals surface area contributed by atoms with Crippen molar-refractivity contribution in [2.24, 2.45) is 11.8 Å². The monoisotopic (exact) mass is 283 g/mol. The third-order valence-electron chi connectivity index (χ3n) is 4.64. The predicted octanol–water partition coefficient (Wildman–Crippen LogP) is 5.84. The van der Waals surface area contributed by atoms with E-state index in [1.807, 2.05) is 24.3 Å². The van der Waals surface area contributed by atoms with Crippen molar-refractivity contribution in [1.29, 1.82) is 0 Å². The van der Waals surface area contributed by atoms with Crippen molar-refractivity contribution in [1.82, 2.24) is 4.98 Å². The Morgan fingerprint density at radius 3 is 2.71 bits per heavy atom. The molecule has 2 nitrogen and oxygen atoms in total. The van der Waals surface area contributed by atoms with Gasteiger partial charge in [0.25, 0.3) is 0 Å². The zero-order chi connectivity index (χ0) is 14.7. The second-order valence-electron chi connectivity index (χ2n) is 6.63. The lowest BCUT2D eigenvalue weighted by Crippen LogP contribution is -2.02. The summed E-state index contributed by atoms with van der Waals surface area (Å²) >= 11 is 0. The number of nitrogens with zero attached hydrogens (tertiary/aromatic N) is 1. The Balaban J connectivity index is 1.88. The number of aromatic nitrogens is 1. The van der Waals surface area contributed by atoms with E-state index in [0.717, 1.165) is 41.7 Å². The Kier molecular flexibility index (Phi) is 4.42. The fraction of sp³-hybridized carbons (Fsp3) is 0.526. The van der Waals surface area contributed by atoms with Crippen LogP contribution in [0.4, 0.5) is 0 Å². The van der Waals surface area contributed by atoms with Gasteiger partial charge in [0.1, 0.15) is 5.52 Å². The van der Waals surface area contributed by atoms with Gasteiger partial charge in [-0.2, -0.15) is 0 Å². The summed E-state index contributed by atoms with van der Waals surface area (Å²) < 4.78 is 5.97. The Bertz CT molecular complexity index is 592. The Morgan fingerprint density at radius 2 is 1.86 bits per heavy atom. The van der Waals surface area contributed by atoms with Crippen LogP contribution in [-0.4, -0.2) is 4.98 Å². The molecule has 1 aliphatic rings. The van der Waals surface area contributed by atoms with Crippen LogP contribution in [0.2, 0.25) is 0 Å². The molecule has 2 heteroatoms. The number of hydrogen-bond donors (Lipinski definition) is 0. The van der Waals surface area contributed by atoms with Crippen molar-refractivity contribution in [3.8, 4) is 0 Å². The van der Waals surface area contributed by atoms with Crippen LogP contribution < -0.4 is 0 Å². The molecule has 0 saturated carbocycles. The molecule has 0 aliphatic heterocycles. The highest BCUT2D eigenvalue weighted by atomic mass is 16.3. The maximum absolute atomic E-state index is 5.97. The quantitative estimate of drug-likeness (QED) is 0.657. The third-order valence-corrected chi connectivity index (χ3v) is 4.64. The maximum Gasteiger partial charge on any atom is 0.222 e. The first-order valence-electron chi connectivity index (χ1n) is 8.27. The normalized spacial score (nSPS) is 27.2. The van der Waals surface area contributed by atoms with Gasteiger partial charge in [0.15, 0.2) is 5.58 Å². The van der Waals surface area contributed by atoms with Crippen LogP contribution in [0.5, 0.6) is 0 Å². The average Bonchev–Trinajstić information content (AvgIpc) is 2.90. The number of allylic oxidation sites excluding steroid dienone is 2. The second kappa shape index (κ2) is 6.46. The first-order chi connectivity index (χ1) is 10.2. The fourth-order valence-electron chi connectivity index (χ4n) is 3.13. The summed E-state index contributed by atoms with van der Waals surface area (Å²) in [6.07, 6.45) is 9.89. The van der Waals surface area contributed by atoms with E-state index in [1.54, 1.807) is 0 Å². The van der Waals surface area contributed by atoms with Crippen molar-refractivity contribution >= 4 is 16.7 Å². The number of para-hydroxylation sites is 2. The van der Waals surface area contributed by atoms with Gasteiger partial charge < -0.3 is 4.42 Å². The van der Waals surface area contributed by atoms with Crippen molar-refractivity contribution in [3.63, 3.8) is 0 Å². The van der Waals surface area contributed by atoms with Crippen molar-refractivity contribution < 1.29 is 4.42 Å². The molecule has 0 bridgehead atoms. The molecule has 1 aromatic carbocycles. The first kappa shape index (κ1) is 14.4. The van der Waals surface area contributed by atoms with Gasteiger partial charge in [0.05, 0.1) is 0 Å². The molecule has 2 unspecified atom stereocenters. The number of rotatable bonds is 1. The van der Waals surface area contributed by atoms with Gasteiger partial charge in [-0.05, 0) is 43.2 Å². The minimum Gasteiger partial charge on any atom is -0.436 e. The molecule has 0 fully saturated rings. The summed E-state index contributed by atoms with van der Waals surface area (Å²) in [5, 5.41) is 0. The van der Waals surface area contributed by atoms with E-state index in [9.17, 15) is 0 Å². The van der Waals surface area contributed by atoms with Gasteiger partial charge in [-0.25, -0.2) is 4.98 Å². The van der Waals surface area contributed by atoms with Gasteiger partial charge >= 0.3 is 0 Å². The van der Waals surface area contributed by atoms with Crippen molar-refractivity contribution in [2.75, 3.05) is 0 Å². The molecular formula is C19H25NO. The first-order valence-corrected chi connectivity index (χ1v) is 8.27. The Morgan fingerprint density at radius 1 is 1.05 bits per heavy atom. The highest BCUT2D eigenvalue weighted by molar-refractivity contribution is 5.75. The van der Waals surface area contributed by atoms with E-state index in [1.165, 1.54) is 31.3 Å². The van der Waals surface area contributed by atoms with E-state index >= 15 is 0 Å². The zero-order valence-corrected chi connectivity index (χ0v) is 13.1. The summed E-state index contributed by atoms with van der Waals surface area (Å²) in [5.41, 5.74) is 3.16. The molecule has 2 atom stereocenters. The van der Waals surface area contributed by atoms with Gasteiger partial charge in [-0.3, -0.25) is 0 Å². The van der Waals surface area contributed by atoms with Gasteiger partial charge in [0, 0.05) is 5.57 Å².